The smallest absolute Gasteiger partial charge is 0.129 e. The molecule has 4 heteroatoms. The van der Waals surface area contributed by atoms with Crippen LogP contribution in [0.5, 0.6) is 0 Å². The highest BCUT2D eigenvalue weighted by Gasteiger charge is 2.20. The standard InChI is InChI=1S/C18H24N4/c1-14-5-6-16(15(2)10-14)11-22-9-3-4-17(12-22)21-18-7-8-19-13-20-18/h5-8,10,13,17H,3-4,9,11-12H2,1-2H3,(H,19,20,21). The van der Waals surface area contributed by atoms with Crippen molar-refractivity contribution < 1.29 is 0 Å². The quantitative estimate of drug-likeness (QED) is 0.941. The minimum absolute atomic E-state index is 0.467. The number of aromatic nitrogens is 2. The molecule has 0 aliphatic carbocycles. The van der Waals surface area contributed by atoms with Crippen molar-refractivity contribution in [3.8, 4) is 0 Å². The van der Waals surface area contributed by atoms with Crippen LogP contribution >= 0.6 is 0 Å². The van der Waals surface area contributed by atoms with Crippen molar-refractivity contribution in [2.24, 2.45) is 0 Å². The van der Waals surface area contributed by atoms with E-state index >= 15 is 0 Å². The monoisotopic (exact) mass is 296 g/mol. The summed E-state index contributed by atoms with van der Waals surface area (Å²) in [6.45, 7) is 7.64. The summed E-state index contributed by atoms with van der Waals surface area (Å²) in [6, 6.07) is 9.16. The first-order chi connectivity index (χ1) is 10.7. The van der Waals surface area contributed by atoms with Crippen LogP contribution in [0.4, 0.5) is 5.82 Å². The van der Waals surface area contributed by atoms with Crippen LogP contribution in [-0.4, -0.2) is 34.0 Å². The molecule has 0 radical (unpaired) electrons. The molecule has 116 valence electrons. The Morgan fingerprint density at radius 3 is 2.95 bits per heavy atom. The van der Waals surface area contributed by atoms with Gasteiger partial charge in [0.25, 0.3) is 0 Å². The van der Waals surface area contributed by atoms with Crippen LogP contribution in [0.1, 0.15) is 29.5 Å². The highest BCUT2D eigenvalue weighted by Crippen LogP contribution is 2.19. The van der Waals surface area contributed by atoms with Crippen LogP contribution in [0.2, 0.25) is 0 Å². The molecule has 1 aromatic heterocycles. The summed E-state index contributed by atoms with van der Waals surface area (Å²) in [6.07, 6.45) is 5.81. The molecule has 1 N–H and O–H groups in total. The van der Waals surface area contributed by atoms with Gasteiger partial charge in [-0.2, -0.15) is 0 Å². The topological polar surface area (TPSA) is 41.0 Å². The third-order valence-electron chi connectivity index (χ3n) is 4.33. The van der Waals surface area contributed by atoms with Crippen molar-refractivity contribution in [1.82, 2.24) is 14.9 Å². The molecule has 2 heterocycles. The highest BCUT2D eigenvalue weighted by molar-refractivity contribution is 5.33. The minimum Gasteiger partial charge on any atom is -0.366 e. The fourth-order valence-electron chi connectivity index (χ4n) is 3.17. The van der Waals surface area contributed by atoms with Gasteiger partial charge in [-0.15, -0.1) is 0 Å². The van der Waals surface area contributed by atoms with Crippen molar-refractivity contribution in [2.75, 3.05) is 18.4 Å². The molecule has 0 amide bonds. The van der Waals surface area contributed by atoms with Gasteiger partial charge in [0.15, 0.2) is 0 Å². The molecule has 22 heavy (non-hydrogen) atoms. The first-order valence-corrected chi connectivity index (χ1v) is 8.02. The van der Waals surface area contributed by atoms with Crippen LogP contribution in [0.3, 0.4) is 0 Å². The van der Waals surface area contributed by atoms with Crippen LogP contribution in [0.25, 0.3) is 0 Å². The third-order valence-corrected chi connectivity index (χ3v) is 4.33. The molecule has 3 rings (SSSR count). The van der Waals surface area contributed by atoms with Gasteiger partial charge in [0.05, 0.1) is 0 Å². The summed E-state index contributed by atoms with van der Waals surface area (Å²) in [4.78, 5) is 10.8. The molecule has 1 aliphatic rings. The third kappa shape index (κ3) is 3.83. The number of benzene rings is 1. The van der Waals surface area contributed by atoms with Crippen molar-refractivity contribution in [2.45, 2.75) is 39.3 Å². The van der Waals surface area contributed by atoms with E-state index in [1.165, 1.54) is 36.1 Å². The maximum absolute atomic E-state index is 4.26. The van der Waals surface area contributed by atoms with E-state index in [1.54, 1.807) is 12.5 Å². The summed E-state index contributed by atoms with van der Waals surface area (Å²) in [5.74, 6) is 0.924. The van der Waals surface area contributed by atoms with E-state index in [-0.39, 0.29) is 0 Å². The Morgan fingerprint density at radius 1 is 1.27 bits per heavy atom. The number of hydrogen-bond acceptors (Lipinski definition) is 4. The molecular weight excluding hydrogens is 272 g/mol. The summed E-state index contributed by atoms with van der Waals surface area (Å²) in [5.41, 5.74) is 4.17. The van der Waals surface area contributed by atoms with Crippen molar-refractivity contribution in [3.63, 3.8) is 0 Å². The Balaban J connectivity index is 1.61. The first kappa shape index (κ1) is 15.0. The van der Waals surface area contributed by atoms with Gasteiger partial charge in [0, 0.05) is 25.3 Å². The van der Waals surface area contributed by atoms with E-state index < -0.39 is 0 Å². The van der Waals surface area contributed by atoms with Crippen LogP contribution in [0, 0.1) is 13.8 Å². The summed E-state index contributed by atoms with van der Waals surface area (Å²) >= 11 is 0. The lowest BCUT2D eigenvalue weighted by Gasteiger charge is -2.33. The number of hydrogen-bond donors (Lipinski definition) is 1. The lowest BCUT2D eigenvalue weighted by Crippen LogP contribution is -2.41. The molecule has 2 aromatic rings. The number of rotatable bonds is 4. The molecule has 1 aliphatic heterocycles. The SMILES string of the molecule is Cc1ccc(CN2CCCC(Nc3ccncn3)C2)c(C)c1. The average Bonchev–Trinajstić information content (AvgIpc) is 2.52. The van der Waals surface area contributed by atoms with Gasteiger partial charge in [-0.25, -0.2) is 9.97 Å². The fraction of sp³-hybridized carbons (Fsp3) is 0.444. The predicted molar refractivity (Wildman–Crippen MR) is 89.9 cm³/mol. The number of likely N-dealkylation sites (tertiary alicyclic amines) is 1. The van der Waals surface area contributed by atoms with E-state index in [9.17, 15) is 0 Å². The van der Waals surface area contributed by atoms with Gasteiger partial charge in [-0.3, -0.25) is 4.90 Å². The molecule has 0 spiro atoms. The Kier molecular flexibility index (Phi) is 4.68. The number of nitrogens with zero attached hydrogens (tertiary/aromatic N) is 3. The molecule has 1 fully saturated rings. The lowest BCUT2D eigenvalue weighted by atomic mass is 10.0. The summed E-state index contributed by atoms with van der Waals surface area (Å²) in [7, 11) is 0. The van der Waals surface area contributed by atoms with Crippen molar-refractivity contribution in [3.05, 3.63) is 53.5 Å². The minimum atomic E-state index is 0.467. The summed E-state index contributed by atoms with van der Waals surface area (Å²) in [5, 5.41) is 3.53. The summed E-state index contributed by atoms with van der Waals surface area (Å²) < 4.78 is 0. The van der Waals surface area contributed by atoms with E-state index in [0.717, 1.165) is 18.9 Å². The van der Waals surface area contributed by atoms with Gasteiger partial charge < -0.3 is 5.32 Å². The number of anilines is 1. The average molecular weight is 296 g/mol. The van der Waals surface area contributed by atoms with Gasteiger partial charge in [0.1, 0.15) is 12.1 Å². The second-order valence-electron chi connectivity index (χ2n) is 6.24. The van der Waals surface area contributed by atoms with E-state index in [1.807, 2.05) is 6.07 Å². The second-order valence-corrected chi connectivity index (χ2v) is 6.24. The molecule has 0 saturated carbocycles. The molecule has 4 nitrogen and oxygen atoms in total. The number of nitrogens with one attached hydrogen (secondary N) is 1. The molecule has 1 unspecified atom stereocenters. The second kappa shape index (κ2) is 6.88. The van der Waals surface area contributed by atoms with Crippen molar-refractivity contribution in [1.29, 1.82) is 0 Å². The fourth-order valence-corrected chi connectivity index (χ4v) is 3.17. The van der Waals surface area contributed by atoms with Gasteiger partial charge in [-0.1, -0.05) is 23.8 Å². The normalized spacial score (nSPS) is 19.1. The highest BCUT2D eigenvalue weighted by atomic mass is 15.2. The van der Waals surface area contributed by atoms with E-state index in [0.29, 0.717) is 6.04 Å². The number of aryl methyl sites for hydroxylation is 2. The molecule has 1 atom stereocenters. The zero-order valence-corrected chi connectivity index (χ0v) is 13.4. The molecule has 1 aromatic carbocycles. The molecule has 1 saturated heterocycles. The van der Waals surface area contributed by atoms with Crippen LogP contribution in [0.15, 0.2) is 36.8 Å². The number of piperidine rings is 1. The maximum atomic E-state index is 4.26. The van der Waals surface area contributed by atoms with Crippen LogP contribution in [-0.2, 0) is 6.54 Å². The van der Waals surface area contributed by atoms with Crippen molar-refractivity contribution >= 4 is 5.82 Å². The zero-order chi connectivity index (χ0) is 15.4. The molecule has 0 bridgehead atoms. The Labute approximate surface area is 132 Å². The largest absolute Gasteiger partial charge is 0.366 e. The predicted octanol–water partition coefficient (Wildman–Crippen LogP) is 3.17. The van der Waals surface area contributed by atoms with E-state index in [2.05, 4.69) is 52.2 Å². The van der Waals surface area contributed by atoms with E-state index in [4.69, 9.17) is 0 Å². The molecular formula is C18H24N4. The Hall–Kier alpha value is -1.94. The Morgan fingerprint density at radius 2 is 2.18 bits per heavy atom. The Bertz CT molecular complexity index is 612. The van der Waals surface area contributed by atoms with Crippen LogP contribution < -0.4 is 5.32 Å². The first-order valence-electron chi connectivity index (χ1n) is 8.02. The lowest BCUT2D eigenvalue weighted by molar-refractivity contribution is 0.208. The van der Waals surface area contributed by atoms with Gasteiger partial charge >= 0.3 is 0 Å². The zero-order valence-electron chi connectivity index (χ0n) is 13.4. The van der Waals surface area contributed by atoms with Gasteiger partial charge in [-0.05, 0) is 50.4 Å². The van der Waals surface area contributed by atoms with Gasteiger partial charge in [0.2, 0.25) is 0 Å². The maximum Gasteiger partial charge on any atom is 0.129 e.